The lowest BCUT2D eigenvalue weighted by Crippen LogP contribution is -2.41. The molecular formula is C19H25NO3. The van der Waals surface area contributed by atoms with E-state index >= 15 is 0 Å². The Morgan fingerprint density at radius 1 is 1.26 bits per heavy atom. The lowest BCUT2D eigenvalue weighted by molar-refractivity contribution is -0.141. The highest BCUT2D eigenvalue weighted by molar-refractivity contribution is 5.81. The zero-order chi connectivity index (χ0) is 16.4. The van der Waals surface area contributed by atoms with Gasteiger partial charge in [-0.05, 0) is 35.8 Å². The number of hydrogen-bond donors (Lipinski definition) is 1. The van der Waals surface area contributed by atoms with Crippen molar-refractivity contribution < 1.29 is 14.7 Å². The number of hydrogen-bond acceptors (Lipinski definition) is 2. The van der Waals surface area contributed by atoms with E-state index in [0.717, 1.165) is 24.0 Å². The van der Waals surface area contributed by atoms with E-state index in [1.54, 1.807) is 4.90 Å². The van der Waals surface area contributed by atoms with Gasteiger partial charge in [0, 0.05) is 19.5 Å². The van der Waals surface area contributed by atoms with Crippen LogP contribution in [0.5, 0.6) is 0 Å². The average molecular weight is 315 g/mol. The van der Waals surface area contributed by atoms with Crippen LogP contribution in [0.3, 0.4) is 0 Å². The third-order valence-electron chi connectivity index (χ3n) is 5.35. The number of fused-ring (bicyclic) bond motifs is 1. The van der Waals surface area contributed by atoms with E-state index in [2.05, 4.69) is 6.92 Å². The van der Waals surface area contributed by atoms with Crippen LogP contribution in [0.2, 0.25) is 0 Å². The molecule has 4 nitrogen and oxygen atoms in total. The van der Waals surface area contributed by atoms with Crippen LogP contribution in [0.25, 0.3) is 0 Å². The zero-order valence-electron chi connectivity index (χ0n) is 13.7. The summed E-state index contributed by atoms with van der Waals surface area (Å²) < 4.78 is 0. The number of aliphatic carboxylic acids is 1. The summed E-state index contributed by atoms with van der Waals surface area (Å²) >= 11 is 0. The molecule has 23 heavy (non-hydrogen) atoms. The van der Waals surface area contributed by atoms with Gasteiger partial charge < -0.3 is 10.0 Å². The maximum absolute atomic E-state index is 12.7. The first-order valence-corrected chi connectivity index (χ1v) is 8.63. The Morgan fingerprint density at radius 2 is 2.04 bits per heavy atom. The van der Waals surface area contributed by atoms with Crippen LogP contribution in [0.15, 0.2) is 24.3 Å². The molecule has 1 saturated carbocycles. The highest BCUT2D eigenvalue weighted by Gasteiger charge is 2.33. The number of amides is 1. The summed E-state index contributed by atoms with van der Waals surface area (Å²) in [7, 11) is 0. The quantitative estimate of drug-likeness (QED) is 0.930. The SMILES string of the molecule is CC1CCCC(CC(=O)N2Cc3ccccc3C(C(=O)O)C2)C1. The fourth-order valence-electron chi connectivity index (χ4n) is 4.13. The Hall–Kier alpha value is -1.84. The molecule has 1 N–H and O–H groups in total. The number of benzene rings is 1. The molecule has 1 heterocycles. The third-order valence-corrected chi connectivity index (χ3v) is 5.35. The lowest BCUT2D eigenvalue weighted by atomic mass is 9.80. The van der Waals surface area contributed by atoms with E-state index < -0.39 is 11.9 Å². The number of carboxylic acid groups (broad SMARTS) is 1. The third kappa shape index (κ3) is 3.57. The van der Waals surface area contributed by atoms with Gasteiger partial charge in [0.25, 0.3) is 0 Å². The van der Waals surface area contributed by atoms with Crippen molar-refractivity contribution in [3.05, 3.63) is 35.4 Å². The van der Waals surface area contributed by atoms with Crippen molar-refractivity contribution >= 4 is 11.9 Å². The number of rotatable bonds is 3. The van der Waals surface area contributed by atoms with Crippen LogP contribution in [-0.4, -0.2) is 28.4 Å². The van der Waals surface area contributed by atoms with Gasteiger partial charge in [-0.15, -0.1) is 0 Å². The van der Waals surface area contributed by atoms with Crippen molar-refractivity contribution in [1.29, 1.82) is 0 Å². The van der Waals surface area contributed by atoms with E-state index in [9.17, 15) is 14.7 Å². The maximum atomic E-state index is 12.7. The molecule has 3 unspecified atom stereocenters. The van der Waals surface area contributed by atoms with Crippen molar-refractivity contribution in [2.75, 3.05) is 6.54 Å². The van der Waals surface area contributed by atoms with Gasteiger partial charge >= 0.3 is 5.97 Å². The molecule has 2 aliphatic rings. The zero-order valence-corrected chi connectivity index (χ0v) is 13.7. The molecule has 1 aromatic rings. The predicted octanol–water partition coefficient (Wildman–Crippen LogP) is 3.41. The normalized spacial score (nSPS) is 27.3. The first-order valence-electron chi connectivity index (χ1n) is 8.63. The van der Waals surface area contributed by atoms with E-state index in [4.69, 9.17) is 0 Å². The van der Waals surface area contributed by atoms with E-state index in [1.807, 2.05) is 24.3 Å². The Bertz CT molecular complexity index is 598. The van der Waals surface area contributed by atoms with E-state index in [-0.39, 0.29) is 5.91 Å². The maximum Gasteiger partial charge on any atom is 0.312 e. The van der Waals surface area contributed by atoms with Crippen LogP contribution < -0.4 is 0 Å². The highest BCUT2D eigenvalue weighted by atomic mass is 16.4. The van der Waals surface area contributed by atoms with Gasteiger partial charge in [0.15, 0.2) is 0 Å². The monoisotopic (exact) mass is 315 g/mol. The van der Waals surface area contributed by atoms with Gasteiger partial charge in [-0.1, -0.05) is 44.0 Å². The van der Waals surface area contributed by atoms with Crippen LogP contribution in [0, 0.1) is 11.8 Å². The number of carboxylic acids is 1. The largest absolute Gasteiger partial charge is 0.481 e. The second kappa shape index (κ2) is 6.73. The number of nitrogens with zero attached hydrogens (tertiary/aromatic N) is 1. The predicted molar refractivity (Wildman–Crippen MR) is 88.0 cm³/mol. The molecule has 0 aromatic heterocycles. The van der Waals surface area contributed by atoms with Crippen molar-refractivity contribution in [3.8, 4) is 0 Å². The molecule has 124 valence electrons. The summed E-state index contributed by atoms with van der Waals surface area (Å²) in [6.45, 7) is 3.10. The topological polar surface area (TPSA) is 57.6 Å². The molecule has 1 amide bonds. The molecule has 0 saturated heterocycles. The van der Waals surface area contributed by atoms with E-state index in [0.29, 0.717) is 31.3 Å². The lowest BCUT2D eigenvalue weighted by Gasteiger charge is -2.34. The summed E-state index contributed by atoms with van der Waals surface area (Å²) in [5.74, 6) is -0.164. The first kappa shape index (κ1) is 16.0. The van der Waals surface area contributed by atoms with Gasteiger partial charge in [-0.3, -0.25) is 9.59 Å². The van der Waals surface area contributed by atoms with Gasteiger partial charge in [-0.25, -0.2) is 0 Å². The highest BCUT2D eigenvalue weighted by Crippen LogP contribution is 2.33. The molecule has 1 aliphatic carbocycles. The minimum atomic E-state index is -0.846. The van der Waals surface area contributed by atoms with E-state index in [1.165, 1.54) is 12.8 Å². The van der Waals surface area contributed by atoms with Crippen LogP contribution in [-0.2, 0) is 16.1 Å². The summed E-state index contributed by atoms with van der Waals surface area (Å²) in [4.78, 5) is 26.0. The number of carbonyl (C=O) groups is 2. The van der Waals surface area contributed by atoms with Gasteiger partial charge in [0.05, 0.1) is 5.92 Å². The molecule has 1 aromatic carbocycles. The molecule has 4 heteroatoms. The fraction of sp³-hybridized carbons (Fsp3) is 0.579. The van der Waals surface area contributed by atoms with Crippen molar-refractivity contribution in [2.45, 2.75) is 51.5 Å². The summed E-state index contributed by atoms with van der Waals surface area (Å²) in [5.41, 5.74) is 1.83. The van der Waals surface area contributed by atoms with Gasteiger partial charge in [-0.2, -0.15) is 0 Å². The van der Waals surface area contributed by atoms with Crippen LogP contribution >= 0.6 is 0 Å². The molecule has 0 spiro atoms. The molecule has 3 atom stereocenters. The second-order valence-corrected chi connectivity index (χ2v) is 7.21. The fourth-order valence-corrected chi connectivity index (χ4v) is 4.13. The van der Waals surface area contributed by atoms with Crippen molar-refractivity contribution in [1.82, 2.24) is 4.90 Å². The average Bonchev–Trinajstić information content (AvgIpc) is 2.53. The number of carbonyl (C=O) groups excluding carboxylic acids is 1. The Balaban J connectivity index is 1.71. The molecule has 3 rings (SSSR count). The molecule has 1 fully saturated rings. The second-order valence-electron chi connectivity index (χ2n) is 7.21. The molecule has 0 radical (unpaired) electrons. The Labute approximate surface area is 137 Å². The Morgan fingerprint density at radius 3 is 2.78 bits per heavy atom. The standard InChI is InChI=1S/C19H25NO3/c1-13-5-4-6-14(9-13)10-18(21)20-11-15-7-2-3-8-16(15)17(12-20)19(22)23/h2-3,7-8,13-14,17H,4-6,9-12H2,1H3,(H,22,23). The minimum absolute atomic E-state index is 0.116. The summed E-state index contributed by atoms with van der Waals surface area (Å²) in [6, 6.07) is 7.59. The first-order chi connectivity index (χ1) is 11.0. The Kier molecular flexibility index (Phi) is 4.69. The smallest absolute Gasteiger partial charge is 0.312 e. The molecule has 1 aliphatic heterocycles. The van der Waals surface area contributed by atoms with Gasteiger partial charge in [0.2, 0.25) is 5.91 Å². The van der Waals surface area contributed by atoms with Crippen molar-refractivity contribution in [3.63, 3.8) is 0 Å². The van der Waals surface area contributed by atoms with Gasteiger partial charge in [0.1, 0.15) is 0 Å². The summed E-state index contributed by atoms with van der Waals surface area (Å²) in [5, 5.41) is 9.50. The minimum Gasteiger partial charge on any atom is -0.481 e. The van der Waals surface area contributed by atoms with Crippen molar-refractivity contribution in [2.24, 2.45) is 11.8 Å². The van der Waals surface area contributed by atoms with Crippen LogP contribution in [0.4, 0.5) is 0 Å². The molecular weight excluding hydrogens is 290 g/mol. The summed E-state index contributed by atoms with van der Waals surface area (Å²) in [6.07, 6.45) is 5.29. The molecule has 0 bridgehead atoms. The van der Waals surface area contributed by atoms with Crippen LogP contribution in [0.1, 0.15) is 56.1 Å².